The van der Waals surface area contributed by atoms with Gasteiger partial charge in [-0.1, -0.05) is 0 Å². The number of ether oxygens (including phenoxy) is 1. The van der Waals surface area contributed by atoms with Crippen LogP contribution in [0.3, 0.4) is 0 Å². The molecule has 7 nitrogen and oxygen atoms in total. The minimum Gasteiger partial charge on any atom is -0.406 e. The fraction of sp³-hybridized carbons (Fsp3) is 0.500. The van der Waals surface area contributed by atoms with Gasteiger partial charge < -0.3 is 15.4 Å². The molecular formula is C14H21ClF3N3O4S. The molecule has 1 amide bonds. The lowest BCUT2D eigenvalue weighted by atomic mass is 10.3. The van der Waals surface area contributed by atoms with Gasteiger partial charge in [0.05, 0.1) is 4.90 Å². The SMILES string of the molecule is CNC(C)CNC(=O)CCNS(=O)(=O)c1ccc(OC(F)(F)F)cc1.Cl. The minimum absolute atomic E-state index is 0. The number of nitrogens with one attached hydrogen (secondary N) is 3. The molecule has 1 aromatic carbocycles. The maximum Gasteiger partial charge on any atom is 0.573 e. The van der Waals surface area contributed by atoms with Crippen molar-refractivity contribution in [3.8, 4) is 5.75 Å². The van der Waals surface area contributed by atoms with Gasteiger partial charge in [-0.2, -0.15) is 0 Å². The number of hydrogen-bond acceptors (Lipinski definition) is 5. The fourth-order valence-electron chi connectivity index (χ4n) is 1.66. The quantitative estimate of drug-likeness (QED) is 0.562. The van der Waals surface area contributed by atoms with E-state index in [1.165, 1.54) is 0 Å². The number of halogens is 4. The molecule has 0 fully saturated rings. The number of rotatable bonds is 9. The van der Waals surface area contributed by atoms with Gasteiger partial charge in [-0.25, -0.2) is 13.1 Å². The molecule has 0 radical (unpaired) electrons. The second-order valence-corrected chi connectivity index (χ2v) is 6.93. The Bertz CT molecular complexity index is 669. The summed E-state index contributed by atoms with van der Waals surface area (Å²) in [5, 5.41) is 5.56. The maximum absolute atomic E-state index is 12.1. The number of alkyl halides is 3. The van der Waals surface area contributed by atoms with Gasteiger partial charge in [0.2, 0.25) is 15.9 Å². The van der Waals surface area contributed by atoms with Crippen LogP contribution in [0.4, 0.5) is 13.2 Å². The van der Waals surface area contributed by atoms with Gasteiger partial charge in [0.25, 0.3) is 0 Å². The molecular weight excluding hydrogens is 399 g/mol. The van der Waals surface area contributed by atoms with Crippen molar-refractivity contribution in [3.05, 3.63) is 24.3 Å². The van der Waals surface area contributed by atoms with Gasteiger partial charge in [0.1, 0.15) is 5.75 Å². The van der Waals surface area contributed by atoms with Gasteiger partial charge >= 0.3 is 6.36 Å². The third-order valence-electron chi connectivity index (χ3n) is 3.11. The van der Waals surface area contributed by atoms with E-state index in [2.05, 4.69) is 20.1 Å². The average Bonchev–Trinajstić information content (AvgIpc) is 2.51. The van der Waals surface area contributed by atoms with Crippen molar-refractivity contribution in [2.45, 2.75) is 30.6 Å². The first kappa shape index (κ1) is 24.4. The Morgan fingerprint density at radius 1 is 1.23 bits per heavy atom. The smallest absolute Gasteiger partial charge is 0.406 e. The van der Waals surface area contributed by atoms with Gasteiger partial charge in [0, 0.05) is 25.6 Å². The van der Waals surface area contributed by atoms with Gasteiger partial charge in [-0.15, -0.1) is 25.6 Å². The number of amides is 1. The molecule has 0 saturated heterocycles. The van der Waals surface area contributed by atoms with Crippen LogP contribution in [0.25, 0.3) is 0 Å². The molecule has 150 valence electrons. The highest BCUT2D eigenvalue weighted by Gasteiger charge is 2.31. The van der Waals surface area contributed by atoms with E-state index < -0.39 is 22.1 Å². The summed E-state index contributed by atoms with van der Waals surface area (Å²) in [4.78, 5) is 11.3. The summed E-state index contributed by atoms with van der Waals surface area (Å²) < 4.78 is 66.1. The van der Waals surface area contributed by atoms with Gasteiger partial charge in [-0.05, 0) is 38.2 Å². The topological polar surface area (TPSA) is 96.5 Å². The molecule has 0 bridgehead atoms. The molecule has 0 saturated carbocycles. The zero-order chi connectivity index (χ0) is 19.1. The lowest BCUT2D eigenvalue weighted by molar-refractivity contribution is -0.274. The van der Waals surface area contributed by atoms with Gasteiger partial charge in [0.15, 0.2) is 0 Å². The number of hydrogen-bond donors (Lipinski definition) is 3. The Morgan fingerprint density at radius 2 is 1.81 bits per heavy atom. The van der Waals surface area contributed by atoms with Crippen molar-refractivity contribution in [2.24, 2.45) is 0 Å². The molecule has 0 aliphatic rings. The van der Waals surface area contributed by atoms with Crippen LogP contribution in [0.1, 0.15) is 13.3 Å². The van der Waals surface area contributed by atoms with E-state index in [1.54, 1.807) is 7.05 Å². The third kappa shape index (κ3) is 9.22. The van der Waals surface area contributed by atoms with E-state index in [0.29, 0.717) is 6.54 Å². The van der Waals surface area contributed by atoms with E-state index in [4.69, 9.17) is 0 Å². The predicted octanol–water partition coefficient (Wildman–Crippen LogP) is 1.40. The van der Waals surface area contributed by atoms with Crippen LogP contribution in [-0.4, -0.2) is 46.9 Å². The van der Waals surface area contributed by atoms with Crippen LogP contribution in [0.15, 0.2) is 29.2 Å². The van der Waals surface area contributed by atoms with Crippen molar-refractivity contribution >= 4 is 28.3 Å². The molecule has 0 aromatic heterocycles. The normalized spacial score (nSPS) is 12.8. The number of likely N-dealkylation sites (N-methyl/N-ethyl adjacent to an activating group) is 1. The zero-order valence-corrected chi connectivity index (χ0v) is 15.7. The highest BCUT2D eigenvalue weighted by molar-refractivity contribution is 7.89. The van der Waals surface area contributed by atoms with Crippen molar-refractivity contribution in [1.82, 2.24) is 15.4 Å². The van der Waals surface area contributed by atoms with Crippen LogP contribution >= 0.6 is 12.4 Å². The third-order valence-corrected chi connectivity index (χ3v) is 4.59. The van der Waals surface area contributed by atoms with E-state index in [9.17, 15) is 26.4 Å². The Morgan fingerprint density at radius 3 is 2.31 bits per heavy atom. The fourth-order valence-corrected chi connectivity index (χ4v) is 2.69. The summed E-state index contributed by atoms with van der Waals surface area (Å²) in [6.07, 6.45) is -4.91. The second-order valence-electron chi connectivity index (χ2n) is 5.16. The van der Waals surface area contributed by atoms with Crippen molar-refractivity contribution in [3.63, 3.8) is 0 Å². The summed E-state index contributed by atoms with van der Waals surface area (Å²) in [5.41, 5.74) is 0. The molecule has 12 heteroatoms. The van der Waals surface area contributed by atoms with Crippen LogP contribution in [0, 0.1) is 0 Å². The molecule has 26 heavy (non-hydrogen) atoms. The molecule has 0 aliphatic carbocycles. The molecule has 0 spiro atoms. The lowest BCUT2D eigenvalue weighted by Crippen LogP contribution is -2.38. The van der Waals surface area contributed by atoms with Gasteiger partial charge in [-0.3, -0.25) is 4.79 Å². The van der Waals surface area contributed by atoms with Crippen LogP contribution in [0.2, 0.25) is 0 Å². The first-order chi connectivity index (χ1) is 11.5. The van der Waals surface area contributed by atoms with Crippen molar-refractivity contribution < 1.29 is 31.1 Å². The standard InChI is InChI=1S/C14H20F3N3O4S.ClH/c1-10(18-2)9-19-13(21)7-8-20-25(22,23)12-5-3-11(4-6-12)24-14(15,16)17;/h3-6,10,18,20H,7-9H2,1-2H3,(H,19,21);1H. The molecule has 1 unspecified atom stereocenters. The summed E-state index contributed by atoms with van der Waals surface area (Å²) in [6, 6.07) is 3.84. The molecule has 0 heterocycles. The van der Waals surface area contributed by atoms with Crippen molar-refractivity contribution in [2.75, 3.05) is 20.1 Å². The Labute approximate surface area is 156 Å². The maximum atomic E-state index is 12.1. The van der Waals surface area contributed by atoms with E-state index in [-0.39, 0.29) is 42.2 Å². The minimum atomic E-state index is -4.85. The predicted molar refractivity (Wildman–Crippen MR) is 91.7 cm³/mol. The van der Waals surface area contributed by atoms with Crippen LogP contribution in [0.5, 0.6) is 5.75 Å². The molecule has 1 aromatic rings. The van der Waals surface area contributed by atoms with E-state index in [0.717, 1.165) is 24.3 Å². The largest absolute Gasteiger partial charge is 0.573 e. The summed E-state index contributed by atoms with van der Waals surface area (Å²) in [6.45, 7) is 2.14. The highest BCUT2D eigenvalue weighted by Crippen LogP contribution is 2.23. The average molecular weight is 420 g/mol. The summed E-state index contributed by atoms with van der Waals surface area (Å²) in [7, 11) is -2.19. The van der Waals surface area contributed by atoms with E-state index >= 15 is 0 Å². The number of carbonyl (C=O) groups excluding carboxylic acids is 1. The van der Waals surface area contributed by atoms with Crippen LogP contribution in [-0.2, 0) is 14.8 Å². The first-order valence-electron chi connectivity index (χ1n) is 7.33. The van der Waals surface area contributed by atoms with Crippen LogP contribution < -0.4 is 20.1 Å². The molecule has 3 N–H and O–H groups in total. The lowest BCUT2D eigenvalue weighted by Gasteiger charge is -2.12. The Hall–Kier alpha value is -1.56. The monoisotopic (exact) mass is 419 g/mol. The zero-order valence-electron chi connectivity index (χ0n) is 14.1. The molecule has 1 rings (SSSR count). The van der Waals surface area contributed by atoms with E-state index in [1.807, 2.05) is 6.92 Å². The van der Waals surface area contributed by atoms with Crippen molar-refractivity contribution in [1.29, 1.82) is 0 Å². The number of benzene rings is 1. The number of sulfonamides is 1. The number of carbonyl (C=O) groups is 1. The summed E-state index contributed by atoms with van der Waals surface area (Å²) in [5.74, 6) is -0.844. The Balaban J connectivity index is 0.00000625. The Kier molecular flexibility index (Phi) is 9.92. The highest BCUT2D eigenvalue weighted by atomic mass is 35.5. The second kappa shape index (κ2) is 10.6. The summed E-state index contributed by atoms with van der Waals surface area (Å²) >= 11 is 0. The molecule has 1 atom stereocenters. The molecule has 0 aliphatic heterocycles. The first-order valence-corrected chi connectivity index (χ1v) is 8.81.